The molecule has 0 aliphatic heterocycles. The van der Waals surface area contributed by atoms with Crippen molar-refractivity contribution >= 4 is 0 Å². The Balaban J connectivity index is 2.16. The van der Waals surface area contributed by atoms with Crippen molar-refractivity contribution in [1.29, 1.82) is 0 Å². The number of rotatable bonds is 1. The Labute approximate surface area is 82.1 Å². The van der Waals surface area contributed by atoms with Gasteiger partial charge in [-0.1, -0.05) is 13.8 Å². The van der Waals surface area contributed by atoms with Crippen LogP contribution in [0, 0.1) is 23.2 Å². The molecule has 3 fully saturated rings. The average Bonchev–Trinajstić information content (AvgIpc) is 2.02. The lowest BCUT2D eigenvalue weighted by atomic mass is 9.43. The quantitative estimate of drug-likeness (QED) is 0.661. The summed E-state index contributed by atoms with van der Waals surface area (Å²) in [6.45, 7) is 9.27. The van der Waals surface area contributed by atoms with Gasteiger partial charge in [0.25, 0.3) is 0 Å². The maximum absolute atomic E-state index is 6.25. The maximum atomic E-state index is 6.25. The van der Waals surface area contributed by atoms with Crippen LogP contribution < -0.4 is 5.73 Å². The van der Waals surface area contributed by atoms with E-state index >= 15 is 0 Å². The molecule has 76 valence electrons. The summed E-state index contributed by atoms with van der Waals surface area (Å²) in [6, 6.07) is 0. The zero-order valence-corrected chi connectivity index (χ0v) is 9.43. The maximum Gasteiger partial charge on any atom is 0.0128 e. The predicted molar refractivity (Wildman–Crippen MR) is 56.4 cm³/mol. The van der Waals surface area contributed by atoms with Crippen LogP contribution in [-0.4, -0.2) is 5.54 Å². The van der Waals surface area contributed by atoms with Gasteiger partial charge >= 0.3 is 0 Å². The first-order chi connectivity index (χ1) is 5.83. The Morgan fingerprint density at radius 1 is 1.23 bits per heavy atom. The van der Waals surface area contributed by atoms with Crippen LogP contribution in [0.15, 0.2) is 0 Å². The molecule has 0 spiro atoms. The van der Waals surface area contributed by atoms with Gasteiger partial charge in [0, 0.05) is 5.54 Å². The zero-order valence-electron chi connectivity index (χ0n) is 9.43. The van der Waals surface area contributed by atoms with Gasteiger partial charge in [-0.25, -0.2) is 0 Å². The van der Waals surface area contributed by atoms with Crippen LogP contribution >= 0.6 is 0 Å². The van der Waals surface area contributed by atoms with Crippen LogP contribution in [0.4, 0.5) is 0 Å². The summed E-state index contributed by atoms with van der Waals surface area (Å²) >= 11 is 0. The Morgan fingerprint density at radius 3 is 2.15 bits per heavy atom. The van der Waals surface area contributed by atoms with Gasteiger partial charge in [0.15, 0.2) is 0 Å². The van der Waals surface area contributed by atoms with E-state index in [2.05, 4.69) is 27.7 Å². The molecular weight excluding hydrogens is 158 g/mol. The molecule has 0 aromatic rings. The summed E-state index contributed by atoms with van der Waals surface area (Å²) in [5.41, 5.74) is 6.86. The summed E-state index contributed by atoms with van der Waals surface area (Å²) < 4.78 is 0. The fraction of sp³-hybridized carbons (Fsp3) is 1.00. The Bertz CT molecular complexity index is 210. The Morgan fingerprint density at radius 2 is 1.85 bits per heavy atom. The highest BCUT2D eigenvalue weighted by Crippen LogP contribution is 2.62. The van der Waals surface area contributed by atoms with Gasteiger partial charge in [-0.05, 0) is 56.3 Å². The van der Waals surface area contributed by atoms with Crippen molar-refractivity contribution in [3.63, 3.8) is 0 Å². The van der Waals surface area contributed by atoms with Gasteiger partial charge in [0.1, 0.15) is 0 Å². The molecule has 3 aliphatic rings. The van der Waals surface area contributed by atoms with E-state index in [1.54, 1.807) is 0 Å². The largest absolute Gasteiger partial charge is 0.325 e. The second-order valence-corrected chi connectivity index (χ2v) is 6.37. The van der Waals surface area contributed by atoms with Crippen molar-refractivity contribution in [2.45, 2.75) is 52.5 Å². The third-order valence-corrected chi connectivity index (χ3v) is 4.81. The fourth-order valence-electron chi connectivity index (χ4n) is 3.70. The van der Waals surface area contributed by atoms with Crippen LogP contribution in [0.2, 0.25) is 0 Å². The Kier molecular flexibility index (Phi) is 1.83. The van der Waals surface area contributed by atoms with Crippen LogP contribution in [0.1, 0.15) is 47.0 Å². The number of nitrogens with two attached hydrogens (primary N) is 1. The number of hydrogen-bond acceptors (Lipinski definition) is 1. The average molecular weight is 181 g/mol. The van der Waals surface area contributed by atoms with Crippen LogP contribution in [0.3, 0.4) is 0 Å². The molecule has 2 N–H and O–H groups in total. The van der Waals surface area contributed by atoms with Gasteiger partial charge in [-0.3, -0.25) is 0 Å². The van der Waals surface area contributed by atoms with E-state index in [1.807, 2.05) is 0 Å². The van der Waals surface area contributed by atoms with E-state index in [-0.39, 0.29) is 5.54 Å². The molecule has 0 amide bonds. The highest BCUT2D eigenvalue weighted by molar-refractivity contribution is 5.07. The van der Waals surface area contributed by atoms with Crippen molar-refractivity contribution in [3.05, 3.63) is 0 Å². The normalized spacial score (nSPS) is 42.7. The third-order valence-electron chi connectivity index (χ3n) is 4.81. The van der Waals surface area contributed by atoms with Crippen molar-refractivity contribution in [2.75, 3.05) is 0 Å². The molecule has 0 aromatic carbocycles. The van der Waals surface area contributed by atoms with Crippen molar-refractivity contribution in [1.82, 2.24) is 0 Å². The number of fused-ring (bicyclic) bond motifs is 2. The molecule has 0 heterocycles. The molecule has 3 unspecified atom stereocenters. The van der Waals surface area contributed by atoms with E-state index in [4.69, 9.17) is 5.73 Å². The fourth-order valence-corrected chi connectivity index (χ4v) is 3.70. The molecule has 0 saturated heterocycles. The van der Waals surface area contributed by atoms with Crippen LogP contribution in [0.25, 0.3) is 0 Å². The zero-order chi connectivity index (χ0) is 9.85. The second-order valence-electron chi connectivity index (χ2n) is 6.37. The highest BCUT2D eigenvalue weighted by atomic mass is 14.8. The molecule has 0 radical (unpaired) electrons. The summed E-state index contributed by atoms with van der Waals surface area (Å²) in [6.07, 6.45) is 4.22. The first kappa shape index (κ1) is 9.51. The number of hydrogen-bond donors (Lipinski definition) is 1. The molecule has 3 rings (SSSR count). The third kappa shape index (κ3) is 1.24. The van der Waals surface area contributed by atoms with E-state index < -0.39 is 0 Å². The molecule has 13 heavy (non-hydrogen) atoms. The monoisotopic (exact) mass is 181 g/mol. The van der Waals surface area contributed by atoms with Gasteiger partial charge < -0.3 is 5.73 Å². The molecule has 3 atom stereocenters. The SMILES string of the molecule is CC(C)(N)C1CCC2CC1C2(C)C. The summed E-state index contributed by atoms with van der Waals surface area (Å²) in [7, 11) is 0. The summed E-state index contributed by atoms with van der Waals surface area (Å²) in [5.74, 6) is 2.65. The highest BCUT2D eigenvalue weighted by Gasteiger charge is 2.56. The van der Waals surface area contributed by atoms with Gasteiger partial charge in [-0.2, -0.15) is 0 Å². The van der Waals surface area contributed by atoms with E-state index in [9.17, 15) is 0 Å². The summed E-state index contributed by atoms with van der Waals surface area (Å²) in [5, 5.41) is 0. The lowest BCUT2D eigenvalue weighted by molar-refractivity contribution is -0.121. The van der Waals surface area contributed by atoms with E-state index in [0.29, 0.717) is 5.41 Å². The molecule has 0 aromatic heterocycles. The minimum absolute atomic E-state index is 0.0350. The van der Waals surface area contributed by atoms with E-state index in [1.165, 1.54) is 19.3 Å². The topological polar surface area (TPSA) is 26.0 Å². The minimum Gasteiger partial charge on any atom is -0.325 e. The van der Waals surface area contributed by atoms with Gasteiger partial charge in [0.05, 0.1) is 0 Å². The predicted octanol–water partition coefficient (Wildman–Crippen LogP) is 2.80. The molecule has 3 aliphatic carbocycles. The van der Waals surface area contributed by atoms with E-state index in [0.717, 1.165) is 17.8 Å². The molecular formula is C12H23N. The molecule has 2 bridgehead atoms. The first-order valence-corrected chi connectivity index (χ1v) is 5.62. The van der Waals surface area contributed by atoms with Crippen molar-refractivity contribution in [3.8, 4) is 0 Å². The van der Waals surface area contributed by atoms with Gasteiger partial charge in [-0.15, -0.1) is 0 Å². The first-order valence-electron chi connectivity index (χ1n) is 5.62. The van der Waals surface area contributed by atoms with Crippen molar-refractivity contribution < 1.29 is 0 Å². The van der Waals surface area contributed by atoms with Crippen LogP contribution in [0.5, 0.6) is 0 Å². The van der Waals surface area contributed by atoms with Gasteiger partial charge in [0.2, 0.25) is 0 Å². The lowest BCUT2D eigenvalue weighted by Crippen LogP contribution is -2.59. The Hall–Kier alpha value is -0.0400. The van der Waals surface area contributed by atoms with Crippen LogP contribution in [-0.2, 0) is 0 Å². The molecule has 1 heteroatoms. The summed E-state index contributed by atoms with van der Waals surface area (Å²) in [4.78, 5) is 0. The molecule has 1 nitrogen and oxygen atoms in total. The lowest BCUT2D eigenvalue weighted by Gasteiger charge is -2.62. The standard InChI is InChI=1S/C12H23N/c1-11(2)8-5-6-9(10(11)7-8)12(3,4)13/h8-10H,5-7,13H2,1-4H3. The molecule has 3 saturated carbocycles. The van der Waals surface area contributed by atoms with Crippen molar-refractivity contribution in [2.24, 2.45) is 28.9 Å². The smallest absolute Gasteiger partial charge is 0.0128 e. The second kappa shape index (κ2) is 2.50. The minimum atomic E-state index is 0.0350.